The fraction of sp³-hybridized carbons (Fsp3) is 0.778. The summed E-state index contributed by atoms with van der Waals surface area (Å²) >= 11 is 0. The van der Waals surface area contributed by atoms with E-state index in [0.717, 1.165) is 6.42 Å². The van der Waals surface area contributed by atoms with Gasteiger partial charge in [-0.1, -0.05) is 26.0 Å². The molecule has 10 heavy (non-hydrogen) atoms. The Morgan fingerprint density at radius 2 is 2.30 bits per heavy atom. The topological polar surface area (TPSA) is 20.2 Å². The number of hydrogen-bond acceptors (Lipinski definition) is 1. The molecule has 0 spiro atoms. The highest BCUT2D eigenvalue weighted by Gasteiger charge is 2.24. The van der Waals surface area contributed by atoms with E-state index in [4.69, 9.17) is 5.11 Å². The fourth-order valence-corrected chi connectivity index (χ4v) is 1.69. The number of hydrogen-bond donors (Lipinski definition) is 1. The molecule has 0 aromatic rings. The van der Waals surface area contributed by atoms with E-state index in [-0.39, 0.29) is 0 Å². The van der Waals surface area contributed by atoms with Crippen LogP contribution in [0.25, 0.3) is 0 Å². The molecular formula is C9H16O. The van der Waals surface area contributed by atoms with Crippen LogP contribution in [0.15, 0.2) is 12.2 Å². The van der Waals surface area contributed by atoms with Crippen molar-refractivity contribution >= 4 is 0 Å². The van der Waals surface area contributed by atoms with Crippen molar-refractivity contribution in [1.29, 1.82) is 0 Å². The van der Waals surface area contributed by atoms with E-state index in [1.165, 1.54) is 0 Å². The third-order valence-corrected chi connectivity index (χ3v) is 2.41. The monoisotopic (exact) mass is 140 g/mol. The van der Waals surface area contributed by atoms with Crippen molar-refractivity contribution in [1.82, 2.24) is 0 Å². The first-order chi connectivity index (χ1) is 4.75. The molecule has 0 amide bonds. The molecule has 1 aliphatic carbocycles. The first-order valence-electron chi connectivity index (χ1n) is 4.03. The Morgan fingerprint density at radius 3 is 2.70 bits per heavy atom. The Kier molecular flexibility index (Phi) is 2.50. The van der Waals surface area contributed by atoms with Crippen LogP contribution in [0, 0.1) is 17.8 Å². The molecule has 1 N–H and O–H groups in total. The molecule has 1 aliphatic rings. The quantitative estimate of drug-likeness (QED) is 0.580. The van der Waals surface area contributed by atoms with Crippen LogP contribution in [0.3, 0.4) is 0 Å². The van der Waals surface area contributed by atoms with Crippen LogP contribution >= 0.6 is 0 Å². The minimum Gasteiger partial charge on any atom is -0.396 e. The number of rotatable bonds is 2. The largest absolute Gasteiger partial charge is 0.396 e. The third-order valence-electron chi connectivity index (χ3n) is 2.41. The molecule has 0 heterocycles. The van der Waals surface area contributed by atoms with Crippen LogP contribution in [-0.2, 0) is 0 Å². The van der Waals surface area contributed by atoms with Gasteiger partial charge in [-0.2, -0.15) is 0 Å². The Bertz CT molecular complexity index is 127. The van der Waals surface area contributed by atoms with Gasteiger partial charge in [0.2, 0.25) is 0 Å². The second kappa shape index (κ2) is 3.20. The predicted octanol–water partition coefficient (Wildman–Crippen LogP) is 1.83. The average molecular weight is 140 g/mol. The smallest absolute Gasteiger partial charge is 0.0496 e. The van der Waals surface area contributed by atoms with Crippen LogP contribution in [0.5, 0.6) is 0 Å². The molecule has 2 atom stereocenters. The summed E-state index contributed by atoms with van der Waals surface area (Å²) in [4.78, 5) is 0. The van der Waals surface area contributed by atoms with E-state index < -0.39 is 0 Å². The van der Waals surface area contributed by atoms with E-state index in [0.29, 0.717) is 24.4 Å². The molecule has 0 saturated carbocycles. The van der Waals surface area contributed by atoms with E-state index in [9.17, 15) is 0 Å². The summed E-state index contributed by atoms with van der Waals surface area (Å²) in [6.07, 6.45) is 5.49. The van der Waals surface area contributed by atoms with Gasteiger partial charge < -0.3 is 5.11 Å². The van der Waals surface area contributed by atoms with Crippen molar-refractivity contribution in [3.05, 3.63) is 12.2 Å². The molecule has 0 fully saturated rings. The first kappa shape index (κ1) is 7.80. The van der Waals surface area contributed by atoms with Gasteiger partial charge in [-0.25, -0.2) is 0 Å². The first-order valence-corrected chi connectivity index (χ1v) is 4.03. The summed E-state index contributed by atoms with van der Waals surface area (Å²) in [6.45, 7) is 4.76. The Balaban J connectivity index is 2.47. The SMILES string of the molecule is CC(C)C1CC=CC1CO. The summed E-state index contributed by atoms with van der Waals surface area (Å²) in [5, 5.41) is 8.93. The molecule has 58 valence electrons. The van der Waals surface area contributed by atoms with Gasteiger partial charge in [-0.3, -0.25) is 0 Å². The van der Waals surface area contributed by atoms with Crippen LogP contribution in [-0.4, -0.2) is 11.7 Å². The predicted molar refractivity (Wildman–Crippen MR) is 42.7 cm³/mol. The summed E-state index contributed by atoms with van der Waals surface area (Å²) in [5.41, 5.74) is 0. The van der Waals surface area contributed by atoms with Gasteiger partial charge in [-0.05, 0) is 18.3 Å². The molecular weight excluding hydrogens is 124 g/mol. The fourth-order valence-electron chi connectivity index (χ4n) is 1.69. The van der Waals surface area contributed by atoms with E-state index in [2.05, 4.69) is 26.0 Å². The van der Waals surface area contributed by atoms with Gasteiger partial charge in [0, 0.05) is 12.5 Å². The molecule has 2 unspecified atom stereocenters. The molecule has 1 nitrogen and oxygen atoms in total. The van der Waals surface area contributed by atoms with Gasteiger partial charge in [0.1, 0.15) is 0 Å². The number of allylic oxidation sites excluding steroid dienone is 1. The van der Waals surface area contributed by atoms with Gasteiger partial charge >= 0.3 is 0 Å². The van der Waals surface area contributed by atoms with E-state index in [1.54, 1.807) is 0 Å². The van der Waals surface area contributed by atoms with E-state index in [1.807, 2.05) is 0 Å². The van der Waals surface area contributed by atoms with Crippen molar-refractivity contribution in [3.63, 3.8) is 0 Å². The lowest BCUT2D eigenvalue weighted by Crippen LogP contribution is -2.17. The Labute approximate surface area is 62.8 Å². The van der Waals surface area contributed by atoms with E-state index >= 15 is 0 Å². The molecule has 0 bridgehead atoms. The van der Waals surface area contributed by atoms with Crippen molar-refractivity contribution < 1.29 is 5.11 Å². The van der Waals surface area contributed by atoms with Crippen molar-refractivity contribution in [3.8, 4) is 0 Å². The highest BCUT2D eigenvalue weighted by atomic mass is 16.3. The molecule has 1 rings (SSSR count). The summed E-state index contributed by atoms with van der Waals surface area (Å²) < 4.78 is 0. The lowest BCUT2D eigenvalue weighted by Gasteiger charge is -2.20. The molecule has 1 heteroatoms. The Hall–Kier alpha value is -0.300. The normalized spacial score (nSPS) is 32.0. The zero-order valence-corrected chi connectivity index (χ0v) is 6.75. The third kappa shape index (κ3) is 1.40. The molecule has 0 aromatic carbocycles. The number of aliphatic hydroxyl groups excluding tert-OH is 1. The van der Waals surface area contributed by atoms with Crippen LogP contribution < -0.4 is 0 Å². The maximum Gasteiger partial charge on any atom is 0.0496 e. The van der Waals surface area contributed by atoms with Crippen LogP contribution in [0.2, 0.25) is 0 Å². The van der Waals surface area contributed by atoms with Crippen molar-refractivity contribution in [2.75, 3.05) is 6.61 Å². The second-order valence-electron chi connectivity index (χ2n) is 3.42. The molecule has 0 aliphatic heterocycles. The maximum absolute atomic E-state index is 8.93. The van der Waals surface area contributed by atoms with Crippen LogP contribution in [0.4, 0.5) is 0 Å². The highest BCUT2D eigenvalue weighted by molar-refractivity contribution is 5.01. The molecule has 0 aromatic heterocycles. The van der Waals surface area contributed by atoms with Crippen molar-refractivity contribution in [2.45, 2.75) is 20.3 Å². The summed E-state index contributed by atoms with van der Waals surface area (Å²) in [7, 11) is 0. The van der Waals surface area contributed by atoms with Gasteiger partial charge in [0.25, 0.3) is 0 Å². The maximum atomic E-state index is 8.93. The lowest BCUT2D eigenvalue weighted by molar-refractivity contribution is 0.190. The highest BCUT2D eigenvalue weighted by Crippen LogP contribution is 2.30. The van der Waals surface area contributed by atoms with Crippen molar-refractivity contribution in [2.24, 2.45) is 17.8 Å². The summed E-state index contributed by atoms with van der Waals surface area (Å²) in [6, 6.07) is 0. The minimum absolute atomic E-state index is 0.319. The molecule has 0 radical (unpaired) electrons. The minimum atomic E-state index is 0.319. The van der Waals surface area contributed by atoms with Gasteiger partial charge in [0.15, 0.2) is 0 Å². The van der Waals surface area contributed by atoms with Crippen LogP contribution in [0.1, 0.15) is 20.3 Å². The average Bonchev–Trinajstić information content (AvgIpc) is 2.33. The standard InChI is InChI=1S/C9H16O/c1-7(2)9-5-3-4-8(9)6-10/h3-4,7-10H,5-6H2,1-2H3. The summed E-state index contributed by atoms with van der Waals surface area (Å²) in [5.74, 6) is 1.82. The Morgan fingerprint density at radius 1 is 1.60 bits per heavy atom. The molecule has 0 saturated heterocycles. The second-order valence-corrected chi connectivity index (χ2v) is 3.42. The lowest BCUT2D eigenvalue weighted by atomic mass is 9.86. The van der Waals surface area contributed by atoms with Gasteiger partial charge in [0.05, 0.1) is 0 Å². The number of aliphatic hydroxyl groups is 1. The van der Waals surface area contributed by atoms with Gasteiger partial charge in [-0.15, -0.1) is 0 Å². The zero-order chi connectivity index (χ0) is 7.56. The zero-order valence-electron chi connectivity index (χ0n) is 6.75.